The summed E-state index contributed by atoms with van der Waals surface area (Å²) in [6.45, 7) is 4.58. The zero-order chi connectivity index (χ0) is 18.4. The molecule has 0 aliphatic carbocycles. The fourth-order valence-corrected chi connectivity index (χ4v) is 4.71. The van der Waals surface area contributed by atoms with E-state index < -0.39 is 0 Å². The van der Waals surface area contributed by atoms with Crippen molar-refractivity contribution in [1.82, 2.24) is 9.55 Å². The molecule has 134 valence electrons. The molecule has 0 atom stereocenters. The summed E-state index contributed by atoms with van der Waals surface area (Å²) in [4.78, 5) is 33.6. The van der Waals surface area contributed by atoms with Gasteiger partial charge in [0.15, 0.2) is 0 Å². The summed E-state index contributed by atoms with van der Waals surface area (Å²) in [6, 6.07) is 7.84. The Labute approximate surface area is 155 Å². The number of rotatable bonds is 2. The summed E-state index contributed by atoms with van der Waals surface area (Å²) in [7, 11) is 1.77. The summed E-state index contributed by atoms with van der Waals surface area (Å²) in [6.07, 6.45) is 2.89. The van der Waals surface area contributed by atoms with Gasteiger partial charge in [0.2, 0.25) is 0 Å². The molecule has 1 aliphatic heterocycles. The van der Waals surface area contributed by atoms with Gasteiger partial charge in [0.05, 0.1) is 10.3 Å². The van der Waals surface area contributed by atoms with E-state index in [1.54, 1.807) is 16.5 Å². The summed E-state index contributed by atoms with van der Waals surface area (Å²) < 4.78 is 1.78. The van der Waals surface area contributed by atoms with Crippen molar-refractivity contribution < 1.29 is 4.79 Å². The predicted octanol–water partition coefficient (Wildman–Crippen LogP) is 3.69. The molecule has 1 aromatic carbocycles. The molecular weight excluding hydrogens is 346 g/mol. The molecular formula is C20H21N3O2S. The molecule has 26 heavy (non-hydrogen) atoms. The zero-order valence-corrected chi connectivity index (χ0v) is 16.0. The molecule has 4 rings (SSSR count). The van der Waals surface area contributed by atoms with Gasteiger partial charge in [-0.3, -0.25) is 14.2 Å². The molecule has 0 saturated carbocycles. The number of carbonyl (C=O) groups excluding carboxylic acids is 1. The number of amides is 1. The average Bonchev–Trinajstić information content (AvgIpc) is 2.97. The normalized spacial score (nSPS) is 13.7. The maximum Gasteiger partial charge on any atom is 0.268 e. The summed E-state index contributed by atoms with van der Waals surface area (Å²) in [5.41, 5.74) is 2.68. The SMILES string of the molecule is Cc1cccc(N(C)C(=O)c2sc3nc4n(c(=O)c3c2C)CCCC4)c1. The van der Waals surface area contributed by atoms with Gasteiger partial charge in [-0.05, 0) is 49.9 Å². The van der Waals surface area contributed by atoms with Gasteiger partial charge in [-0.25, -0.2) is 4.98 Å². The largest absolute Gasteiger partial charge is 0.311 e. The monoisotopic (exact) mass is 367 g/mol. The van der Waals surface area contributed by atoms with Crippen LogP contribution in [0.25, 0.3) is 10.2 Å². The average molecular weight is 367 g/mol. The van der Waals surface area contributed by atoms with Crippen LogP contribution in [0.2, 0.25) is 0 Å². The van der Waals surface area contributed by atoms with E-state index in [2.05, 4.69) is 0 Å². The number of aryl methyl sites for hydroxylation is 3. The van der Waals surface area contributed by atoms with E-state index in [1.807, 2.05) is 38.1 Å². The van der Waals surface area contributed by atoms with Crippen molar-refractivity contribution in [2.75, 3.05) is 11.9 Å². The first-order chi connectivity index (χ1) is 12.5. The fraction of sp³-hybridized carbons (Fsp3) is 0.350. The van der Waals surface area contributed by atoms with Crippen LogP contribution in [0.3, 0.4) is 0 Å². The molecule has 3 aromatic rings. The second kappa shape index (κ2) is 6.36. The molecule has 0 spiro atoms. The maximum atomic E-state index is 13.1. The number of fused-ring (bicyclic) bond motifs is 2. The van der Waals surface area contributed by atoms with Crippen LogP contribution in [0.4, 0.5) is 5.69 Å². The molecule has 3 heterocycles. The zero-order valence-electron chi connectivity index (χ0n) is 15.2. The molecule has 1 aliphatic rings. The lowest BCUT2D eigenvalue weighted by Gasteiger charge is -2.17. The van der Waals surface area contributed by atoms with Crippen LogP contribution >= 0.6 is 11.3 Å². The Hall–Kier alpha value is -2.47. The number of thiophene rings is 1. The van der Waals surface area contributed by atoms with Crippen LogP contribution in [0.15, 0.2) is 29.1 Å². The van der Waals surface area contributed by atoms with E-state index in [0.717, 1.165) is 48.4 Å². The lowest BCUT2D eigenvalue weighted by Crippen LogP contribution is -2.28. The molecule has 0 unspecified atom stereocenters. The van der Waals surface area contributed by atoms with Crippen molar-refractivity contribution in [1.29, 1.82) is 0 Å². The van der Waals surface area contributed by atoms with Gasteiger partial charge >= 0.3 is 0 Å². The number of nitrogens with zero attached hydrogens (tertiary/aromatic N) is 3. The Morgan fingerprint density at radius 2 is 2.08 bits per heavy atom. The molecule has 0 radical (unpaired) electrons. The van der Waals surface area contributed by atoms with E-state index in [0.29, 0.717) is 15.1 Å². The number of anilines is 1. The highest BCUT2D eigenvalue weighted by molar-refractivity contribution is 7.20. The van der Waals surface area contributed by atoms with E-state index >= 15 is 0 Å². The van der Waals surface area contributed by atoms with Crippen molar-refractivity contribution in [3.63, 3.8) is 0 Å². The van der Waals surface area contributed by atoms with E-state index in [4.69, 9.17) is 4.98 Å². The third kappa shape index (κ3) is 2.65. The molecule has 6 heteroatoms. The van der Waals surface area contributed by atoms with Crippen molar-refractivity contribution in [3.05, 3.63) is 56.4 Å². The van der Waals surface area contributed by atoms with E-state index in [-0.39, 0.29) is 11.5 Å². The summed E-state index contributed by atoms with van der Waals surface area (Å²) in [5.74, 6) is 0.750. The molecule has 2 aromatic heterocycles. The lowest BCUT2D eigenvalue weighted by molar-refractivity contribution is 0.0996. The molecule has 5 nitrogen and oxygen atoms in total. The fourth-order valence-electron chi connectivity index (χ4n) is 3.54. The van der Waals surface area contributed by atoms with Crippen molar-refractivity contribution in [3.8, 4) is 0 Å². The van der Waals surface area contributed by atoms with Crippen LogP contribution in [0.1, 0.15) is 39.5 Å². The molecule has 0 bridgehead atoms. The van der Waals surface area contributed by atoms with E-state index in [9.17, 15) is 9.59 Å². The second-order valence-corrected chi connectivity index (χ2v) is 7.88. The quantitative estimate of drug-likeness (QED) is 0.694. The molecule has 0 saturated heterocycles. The number of hydrogen-bond donors (Lipinski definition) is 0. The van der Waals surface area contributed by atoms with Gasteiger partial charge in [0.25, 0.3) is 11.5 Å². The maximum absolute atomic E-state index is 13.1. The number of carbonyl (C=O) groups is 1. The minimum Gasteiger partial charge on any atom is -0.311 e. The lowest BCUT2D eigenvalue weighted by atomic mass is 10.1. The Kier molecular flexibility index (Phi) is 4.15. The summed E-state index contributed by atoms with van der Waals surface area (Å²) in [5, 5.41) is 0.599. The van der Waals surface area contributed by atoms with Crippen molar-refractivity contribution in [2.24, 2.45) is 0 Å². The Balaban J connectivity index is 1.82. The molecule has 0 fully saturated rings. The van der Waals surface area contributed by atoms with Crippen LogP contribution in [0, 0.1) is 13.8 Å². The second-order valence-electron chi connectivity index (χ2n) is 6.88. The standard InChI is InChI=1S/C20H21N3O2S/c1-12-7-6-8-14(11-12)22(3)20(25)17-13(2)16-18(26-17)21-15-9-4-5-10-23(15)19(16)24/h6-8,11H,4-5,9-10H2,1-3H3. The summed E-state index contributed by atoms with van der Waals surface area (Å²) >= 11 is 1.33. The van der Waals surface area contributed by atoms with Gasteiger partial charge in [-0.2, -0.15) is 0 Å². The first-order valence-electron chi connectivity index (χ1n) is 8.85. The van der Waals surface area contributed by atoms with Gasteiger partial charge in [-0.15, -0.1) is 11.3 Å². The van der Waals surface area contributed by atoms with Gasteiger partial charge in [0, 0.05) is 25.7 Å². The first kappa shape index (κ1) is 17.0. The minimum absolute atomic E-state index is 0.00397. The van der Waals surface area contributed by atoms with Crippen molar-refractivity contribution >= 4 is 33.1 Å². The topological polar surface area (TPSA) is 55.2 Å². The smallest absolute Gasteiger partial charge is 0.268 e. The number of benzene rings is 1. The van der Waals surface area contributed by atoms with E-state index in [1.165, 1.54) is 11.3 Å². The third-order valence-electron chi connectivity index (χ3n) is 5.05. The Bertz CT molecular complexity index is 1080. The number of aromatic nitrogens is 2. The van der Waals surface area contributed by atoms with Crippen LogP contribution < -0.4 is 10.5 Å². The first-order valence-corrected chi connectivity index (χ1v) is 9.66. The van der Waals surface area contributed by atoms with Gasteiger partial charge < -0.3 is 4.90 Å². The van der Waals surface area contributed by atoms with Crippen molar-refractivity contribution in [2.45, 2.75) is 39.7 Å². The Morgan fingerprint density at radius 1 is 1.27 bits per heavy atom. The van der Waals surface area contributed by atoms with Crippen LogP contribution in [0.5, 0.6) is 0 Å². The highest BCUT2D eigenvalue weighted by Gasteiger charge is 2.24. The highest BCUT2D eigenvalue weighted by Crippen LogP contribution is 2.30. The third-order valence-corrected chi connectivity index (χ3v) is 6.22. The minimum atomic E-state index is -0.0986. The highest BCUT2D eigenvalue weighted by atomic mass is 32.1. The predicted molar refractivity (Wildman–Crippen MR) is 105 cm³/mol. The Morgan fingerprint density at radius 3 is 2.85 bits per heavy atom. The van der Waals surface area contributed by atoms with Crippen LogP contribution in [-0.4, -0.2) is 22.5 Å². The van der Waals surface area contributed by atoms with Crippen LogP contribution in [-0.2, 0) is 13.0 Å². The number of hydrogen-bond acceptors (Lipinski definition) is 4. The molecule has 1 amide bonds. The van der Waals surface area contributed by atoms with Gasteiger partial charge in [-0.1, -0.05) is 12.1 Å². The molecule has 0 N–H and O–H groups in total. The van der Waals surface area contributed by atoms with Gasteiger partial charge in [0.1, 0.15) is 10.7 Å².